The number of H-pyrrole nitrogens is 1. The van der Waals surface area contributed by atoms with Crippen LogP contribution in [0.2, 0.25) is 0 Å². The van der Waals surface area contributed by atoms with Crippen LogP contribution in [0.1, 0.15) is 17.5 Å². The molecule has 3 aromatic heterocycles. The lowest BCUT2D eigenvalue weighted by atomic mass is 9.99. The zero-order chi connectivity index (χ0) is 17.9. The van der Waals surface area contributed by atoms with E-state index in [2.05, 4.69) is 20.3 Å². The molecule has 3 aromatic rings. The van der Waals surface area contributed by atoms with Crippen LogP contribution < -0.4 is 5.32 Å². The number of pyridine rings is 2. The quantitative estimate of drug-likeness (QED) is 0.751. The first-order chi connectivity index (χ1) is 12.7. The molecule has 0 saturated heterocycles. The standard InChI is InChI=1S/C20H17FN4O/c21-16-6-4-14(5-7-16)20(26)25-18-8-3-13(11-23-18)10-15-12-24-19-17(15)2-1-9-22-19/h1-4,6-9,11-12,14H,5,10H2,(H,22,24)(H,23,25,26). The van der Waals surface area contributed by atoms with Gasteiger partial charge in [-0.25, -0.2) is 14.4 Å². The summed E-state index contributed by atoms with van der Waals surface area (Å²) in [6, 6.07) is 7.67. The normalized spacial score (nSPS) is 16.5. The first kappa shape index (κ1) is 16.2. The van der Waals surface area contributed by atoms with E-state index in [0.29, 0.717) is 12.2 Å². The number of rotatable bonds is 4. The van der Waals surface area contributed by atoms with Gasteiger partial charge in [-0.2, -0.15) is 0 Å². The molecule has 26 heavy (non-hydrogen) atoms. The van der Waals surface area contributed by atoms with E-state index in [-0.39, 0.29) is 17.7 Å². The summed E-state index contributed by atoms with van der Waals surface area (Å²) in [5.41, 5.74) is 3.05. The van der Waals surface area contributed by atoms with E-state index in [1.165, 1.54) is 12.2 Å². The first-order valence-corrected chi connectivity index (χ1v) is 8.40. The Labute approximate surface area is 149 Å². The van der Waals surface area contributed by atoms with Crippen molar-refractivity contribution in [2.45, 2.75) is 12.8 Å². The topological polar surface area (TPSA) is 70.7 Å². The summed E-state index contributed by atoms with van der Waals surface area (Å²) in [6.45, 7) is 0. The molecule has 1 aliphatic rings. The summed E-state index contributed by atoms with van der Waals surface area (Å²) >= 11 is 0. The minimum Gasteiger partial charge on any atom is -0.346 e. The number of carbonyl (C=O) groups is 1. The van der Waals surface area contributed by atoms with Gasteiger partial charge in [0, 0.05) is 30.4 Å². The molecular formula is C20H17FN4O. The number of fused-ring (bicyclic) bond motifs is 1. The molecule has 1 aliphatic carbocycles. The van der Waals surface area contributed by atoms with E-state index in [1.54, 1.807) is 24.5 Å². The van der Waals surface area contributed by atoms with Crippen LogP contribution in [-0.2, 0) is 11.2 Å². The third kappa shape index (κ3) is 3.39. The monoisotopic (exact) mass is 348 g/mol. The van der Waals surface area contributed by atoms with Crippen molar-refractivity contribution in [1.29, 1.82) is 0 Å². The van der Waals surface area contributed by atoms with E-state index in [1.807, 2.05) is 24.4 Å². The van der Waals surface area contributed by atoms with E-state index in [4.69, 9.17) is 0 Å². The Kier molecular flexibility index (Phi) is 4.31. The summed E-state index contributed by atoms with van der Waals surface area (Å²) in [5, 5.41) is 3.86. The molecule has 0 fully saturated rings. The van der Waals surface area contributed by atoms with Crippen molar-refractivity contribution in [2.24, 2.45) is 5.92 Å². The molecule has 1 atom stereocenters. The SMILES string of the molecule is O=C(Nc1ccc(Cc2c[nH]c3ncccc23)cn1)C1C=CC(F)=CC1. The second-order valence-corrected chi connectivity index (χ2v) is 6.22. The lowest BCUT2D eigenvalue weighted by molar-refractivity contribution is -0.118. The molecule has 0 spiro atoms. The maximum atomic E-state index is 13.0. The van der Waals surface area contributed by atoms with Crippen molar-refractivity contribution < 1.29 is 9.18 Å². The molecule has 0 saturated carbocycles. The fourth-order valence-electron chi connectivity index (χ4n) is 2.99. The van der Waals surface area contributed by atoms with Crippen LogP contribution in [0.4, 0.5) is 10.2 Å². The number of carbonyl (C=O) groups excluding carboxylic acids is 1. The Morgan fingerprint density at radius 1 is 1.31 bits per heavy atom. The van der Waals surface area contributed by atoms with E-state index in [9.17, 15) is 9.18 Å². The van der Waals surface area contributed by atoms with Gasteiger partial charge in [0.15, 0.2) is 0 Å². The number of aromatic nitrogens is 3. The second-order valence-electron chi connectivity index (χ2n) is 6.22. The van der Waals surface area contributed by atoms with Gasteiger partial charge >= 0.3 is 0 Å². The highest BCUT2D eigenvalue weighted by atomic mass is 19.1. The van der Waals surface area contributed by atoms with Crippen LogP contribution in [0.5, 0.6) is 0 Å². The number of nitrogens with one attached hydrogen (secondary N) is 2. The molecule has 0 radical (unpaired) electrons. The van der Waals surface area contributed by atoms with Crippen LogP contribution in [0.25, 0.3) is 11.0 Å². The van der Waals surface area contributed by atoms with Crippen LogP contribution in [0.3, 0.4) is 0 Å². The average molecular weight is 348 g/mol. The number of anilines is 1. The summed E-state index contributed by atoms with van der Waals surface area (Å²) < 4.78 is 13.0. The number of hydrogen-bond donors (Lipinski definition) is 2. The smallest absolute Gasteiger partial charge is 0.232 e. The van der Waals surface area contributed by atoms with E-state index >= 15 is 0 Å². The molecule has 2 N–H and O–H groups in total. The molecular weight excluding hydrogens is 331 g/mol. The minimum absolute atomic E-state index is 0.187. The number of halogens is 1. The van der Waals surface area contributed by atoms with Crippen LogP contribution >= 0.6 is 0 Å². The largest absolute Gasteiger partial charge is 0.346 e. The Morgan fingerprint density at radius 3 is 3.00 bits per heavy atom. The third-order valence-corrected chi connectivity index (χ3v) is 4.40. The van der Waals surface area contributed by atoms with E-state index in [0.717, 1.165) is 28.6 Å². The van der Waals surface area contributed by atoms with Crippen molar-refractivity contribution in [3.05, 3.63) is 78.0 Å². The summed E-state index contributed by atoms with van der Waals surface area (Å²) in [7, 11) is 0. The fraction of sp³-hybridized carbons (Fsp3) is 0.150. The average Bonchev–Trinajstić information content (AvgIpc) is 3.07. The van der Waals surface area contributed by atoms with Crippen LogP contribution in [-0.4, -0.2) is 20.9 Å². The molecule has 1 unspecified atom stereocenters. The minimum atomic E-state index is -0.366. The van der Waals surface area contributed by atoms with Crippen molar-refractivity contribution in [1.82, 2.24) is 15.0 Å². The molecule has 0 aliphatic heterocycles. The highest BCUT2D eigenvalue weighted by molar-refractivity contribution is 5.93. The van der Waals surface area contributed by atoms with E-state index < -0.39 is 0 Å². The number of amides is 1. The first-order valence-electron chi connectivity index (χ1n) is 8.40. The van der Waals surface area contributed by atoms with Gasteiger partial charge in [-0.1, -0.05) is 12.1 Å². The predicted octanol–water partition coefficient (Wildman–Crippen LogP) is 3.92. The van der Waals surface area contributed by atoms with Crippen LogP contribution in [0, 0.1) is 5.92 Å². The molecule has 4 rings (SSSR count). The number of aromatic amines is 1. The fourth-order valence-corrected chi connectivity index (χ4v) is 2.99. The molecule has 1 amide bonds. The summed E-state index contributed by atoms with van der Waals surface area (Å²) in [5.74, 6) is -0.366. The third-order valence-electron chi connectivity index (χ3n) is 4.40. The Hall–Kier alpha value is -3.28. The van der Waals surface area contributed by atoms with Crippen molar-refractivity contribution in [3.63, 3.8) is 0 Å². The van der Waals surface area contributed by atoms with Gasteiger partial charge in [0.05, 0.1) is 5.92 Å². The van der Waals surface area contributed by atoms with Crippen molar-refractivity contribution in [2.75, 3.05) is 5.32 Å². The number of nitrogens with zero attached hydrogens (tertiary/aromatic N) is 2. The lowest BCUT2D eigenvalue weighted by Crippen LogP contribution is -2.22. The van der Waals surface area contributed by atoms with Gasteiger partial charge in [0.1, 0.15) is 17.3 Å². The van der Waals surface area contributed by atoms with Crippen molar-refractivity contribution >= 4 is 22.8 Å². The molecule has 3 heterocycles. The van der Waals surface area contributed by atoms with Gasteiger partial charge in [-0.05, 0) is 47.9 Å². The highest BCUT2D eigenvalue weighted by Crippen LogP contribution is 2.21. The van der Waals surface area contributed by atoms with Crippen LogP contribution in [0.15, 0.2) is 66.9 Å². The molecule has 5 nitrogen and oxygen atoms in total. The van der Waals surface area contributed by atoms with Gasteiger partial charge in [0.25, 0.3) is 0 Å². The van der Waals surface area contributed by atoms with Gasteiger partial charge < -0.3 is 10.3 Å². The summed E-state index contributed by atoms with van der Waals surface area (Å²) in [6.07, 6.45) is 10.9. The van der Waals surface area contributed by atoms with Crippen molar-refractivity contribution in [3.8, 4) is 0 Å². The number of hydrogen-bond acceptors (Lipinski definition) is 3. The zero-order valence-electron chi connectivity index (χ0n) is 13.9. The zero-order valence-corrected chi connectivity index (χ0v) is 13.9. The lowest BCUT2D eigenvalue weighted by Gasteiger charge is -2.13. The molecule has 0 bridgehead atoms. The predicted molar refractivity (Wildman–Crippen MR) is 98.2 cm³/mol. The molecule has 0 aromatic carbocycles. The van der Waals surface area contributed by atoms with Gasteiger partial charge in [0.2, 0.25) is 5.91 Å². The highest BCUT2D eigenvalue weighted by Gasteiger charge is 2.17. The Morgan fingerprint density at radius 2 is 2.23 bits per heavy atom. The second kappa shape index (κ2) is 6.92. The maximum Gasteiger partial charge on any atom is 0.232 e. The van der Waals surface area contributed by atoms with Gasteiger partial charge in [-0.15, -0.1) is 0 Å². The van der Waals surface area contributed by atoms with Gasteiger partial charge in [-0.3, -0.25) is 4.79 Å². The molecule has 130 valence electrons. The Bertz CT molecular complexity index is 1000. The summed E-state index contributed by atoms with van der Waals surface area (Å²) in [4.78, 5) is 24.0. The number of allylic oxidation sites excluding steroid dienone is 3. The Balaban J connectivity index is 1.42. The molecule has 6 heteroatoms. The maximum absolute atomic E-state index is 13.0.